The normalized spacial score (nSPS) is 14.4. The van der Waals surface area contributed by atoms with Crippen LogP contribution in [-0.2, 0) is 6.42 Å². The van der Waals surface area contributed by atoms with Gasteiger partial charge in [-0.1, -0.05) is 43.6 Å². The first-order valence-electron chi connectivity index (χ1n) is 4.88. The molecule has 1 atom stereocenters. The standard InChI is InChI=1S/C10H17BrN2O/c1-5-7(11)9-13-12-8(14-9)6-10(2,3)4/h7H,5-6H2,1-4H3. The average molecular weight is 261 g/mol. The van der Waals surface area contributed by atoms with Crippen LogP contribution in [0.25, 0.3) is 0 Å². The van der Waals surface area contributed by atoms with Crippen LogP contribution in [0.4, 0.5) is 0 Å². The van der Waals surface area contributed by atoms with Crippen molar-refractivity contribution in [2.24, 2.45) is 5.41 Å². The summed E-state index contributed by atoms with van der Waals surface area (Å²) in [5.74, 6) is 1.41. The molecule has 4 heteroatoms. The smallest absolute Gasteiger partial charge is 0.230 e. The van der Waals surface area contributed by atoms with E-state index in [9.17, 15) is 0 Å². The van der Waals surface area contributed by atoms with Crippen molar-refractivity contribution in [2.75, 3.05) is 0 Å². The van der Waals surface area contributed by atoms with Gasteiger partial charge in [-0.15, -0.1) is 10.2 Å². The molecule has 0 aliphatic heterocycles. The minimum absolute atomic E-state index is 0.184. The lowest BCUT2D eigenvalue weighted by Gasteiger charge is -2.14. The van der Waals surface area contributed by atoms with Crippen molar-refractivity contribution < 1.29 is 4.42 Å². The Morgan fingerprint density at radius 2 is 2.00 bits per heavy atom. The van der Waals surface area contributed by atoms with Crippen molar-refractivity contribution >= 4 is 15.9 Å². The van der Waals surface area contributed by atoms with E-state index in [1.165, 1.54) is 0 Å². The molecule has 0 aromatic carbocycles. The van der Waals surface area contributed by atoms with E-state index in [1.807, 2.05) is 0 Å². The molecule has 1 heterocycles. The van der Waals surface area contributed by atoms with Crippen molar-refractivity contribution in [2.45, 2.75) is 45.4 Å². The van der Waals surface area contributed by atoms with Gasteiger partial charge in [0.2, 0.25) is 11.8 Å². The molecule has 0 bridgehead atoms. The fraction of sp³-hybridized carbons (Fsp3) is 0.800. The SMILES string of the molecule is CCC(Br)c1nnc(CC(C)(C)C)o1. The molecule has 0 aliphatic carbocycles. The fourth-order valence-corrected chi connectivity index (χ4v) is 1.28. The van der Waals surface area contributed by atoms with Crippen LogP contribution in [0.5, 0.6) is 0 Å². The second kappa shape index (κ2) is 4.43. The van der Waals surface area contributed by atoms with Crippen LogP contribution in [0.2, 0.25) is 0 Å². The second-order valence-corrected chi connectivity index (χ2v) is 5.75. The van der Waals surface area contributed by atoms with Crippen molar-refractivity contribution in [1.82, 2.24) is 10.2 Å². The summed E-state index contributed by atoms with van der Waals surface area (Å²) >= 11 is 3.48. The van der Waals surface area contributed by atoms with Gasteiger partial charge in [-0.25, -0.2) is 0 Å². The molecule has 0 spiro atoms. The Labute approximate surface area is 93.4 Å². The summed E-state index contributed by atoms with van der Waals surface area (Å²) in [4.78, 5) is 0.184. The molecule has 0 fully saturated rings. The molecule has 14 heavy (non-hydrogen) atoms. The third kappa shape index (κ3) is 3.40. The molecular weight excluding hydrogens is 244 g/mol. The number of hydrogen-bond acceptors (Lipinski definition) is 3. The van der Waals surface area contributed by atoms with Crippen LogP contribution >= 0.6 is 15.9 Å². The lowest BCUT2D eigenvalue weighted by molar-refractivity contribution is 0.344. The molecular formula is C10H17BrN2O. The summed E-state index contributed by atoms with van der Waals surface area (Å²) < 4.78 is 5.54. The first-order valence-corrected chi connectivity index (χ1v) is 5.80. The van der Waals surface area contributed by atoms with Crippen molar-refractivity contribution in [3.8, 4) is 0 Å². The van der Waals surface area contributed by atoms with E-state index < -0.39 is 0 Å². The lowest BCUT2D eigenvalue weighted by Crippen LogP contribution is -2.09. The van der Waals surface area contributed by atoms with Gasteiger partial charge in [0.15, 0.2) is 0 Å². The zero-order chi connectivity index (χ0) is 10.8. The molecule has 1 unspecified atom stereocenters. The fourth-order valence-electron chi connectivity index (χ4n) is 1.09. The molecule has 0 amide bonds. The van der Waals surface area contributed by atoms with Gasteiger partial charge >= 0.3 is 0 Å². The van der Waals surface area contributed by atoms with E-state index in [2.05, 4.69) is 53.8 Å². The molecule has 3 nitrogen and oxygen atoms in total. The van der Waals surface area contributed by atoms with Crippen molar-refractivity contribution in [3.05, 3.63) is 11.8 Å². The molecule has 1 aromatic heterocycles. The predicted octanol–water partition coefficient (Wildman–Crippen LogP) is 3.50. The third-order valence-corrected chi connectivity index (χ3v) is 2.83. The summed E-state index contributed by atoms with van der Waals surface area (Å²) in [6.45, 7) is 8.54. The van der Waals surface area contributed by atoms with Crippen LogP contribution in [0, 0.1) is 5.41 Å². The Morgan fingerprint density at radius 3 is 2.50 bits per heavy atom. The van der Waals surface area contributed by atoms with Gasteiger partial charge in [0.05, 0.1) is 4.83 Å². The van der Waals surface area contributed by atoms with E-state index in [0.717, 1.165) is 18.7 Å². The largest absolute Gasteiger partial charge is 0.424 e. The molecule has 0 N–H and O–H groups in total. The Bertz CT molecular complexity index is 291. The minimum Gasteiger partial charge on any atom is -0.424 e. The molecule has 1 aromatic rings. The highest BCUT2D eigenvalue weighted by Gasteiger charge is 2.18. The lowest BCUT2D eigenvalue weighted by atomic mass is 9.92. The summed E-state index contributed by atoms with van der Waals surface area (Å²) in [6.07, 6.45) is 1.78. The topological polar surface area (TPSA) is 38.9 Å². The van der Waals surface area contributed by atoms with Crippen LogP contribution in [0.15, 0.2) is 4.42 Å². The summed E-state index contributed by atoms with van der Waals surface area (Å²) in [5, 5.41) is 8.03. The van der Waals surface area contributed by atoms with E-state index in [1.54, 1.807) is 0 Å². The Kier molecular flexibility index (Phi) is 3.70. The zero-order valence-corrected chi connectivity index (χ0v) is 10.8. The molecule has 0 saturated carbocycles. The molecule has 80 valence electrons. The van der Waals surface area contributed by atoms with Crippen LogP contribution in [-0.4, -0.2) is 10.2 Å². The number of rotatable bonds is 3. The van der Waals surface area contributed by atoms with Gasteiger partial charge in [0.1, 0.15) is 0 Å². The maximum atomic E-state index is 5.54. The Hall–Kier alpha value is -0.380. The summed E-state index contributed by atoms with van der Waals surface area (Å²) in [7, 11) is 0. The maximum absolute atomic E-state index is 5.54. The number of hydrogen-bond donors (Lipinski definition) is 0. The van der Waals surface area contributed by atoms with Gasteiger partial charge in [-0.2, -0.15) is 0 Å². The quantitative estimate of drug-likeness (QED) is 0.781. The van der Waals surface area contributed by atoms with Crippen molar-refractivity contribution in [3.63, 3.8) is 0 Å². The highest BCUT2D eigenvalue weighted by molar-refractivity contribution is 9.09. The number of alkyl halides is 1. The van der Waals surface area contributed by atoms with Gasteiger partial charge < -0.3 is 4.42 Å². The van der Waals surface area contributed by atoms with E-state index >= 15 is 0 Å². The second-order valence-electron chi connectivity index (χ2n) is 4.65. The Morgan fingerprint density at radius 1 is 1.36 bits per heavy atom. The number of aromatic nitrogens is 2. The first kappa shape index (κ1) is 11.7. The predicted molar refractivity (Wildman–Crippen MR) is 59.4 cm³/mol. The van der Waals surface area contributed by atoms with Crippen LogP contribution in [0.3, 0.4) is 0 Å². The molecule has 0 radical (unpaired) electrons. The average Bonchev–Trinajstić information content (AvgIpc) is 2.48. The van der Waals surface area contributed by atoms with Gasteiger partial charge in [0, 0.05) is 6.42 Å². The number of nitrogens with zero attached hydrogens (tertiary/aromatic N) is 2. The van der Waals surface area contributed by atoms with E-state index in [4.69, 9.17) is 4.42 Å². The first-order chi connectivity index (χ1) is 6.42. The van der Waals surface area contributed by atoms with Crippen LogP contribution in [0.1, 0.15) is 50.7 Å². The minimum atomic E-state index is 0.184. The van der Waals surface area contributed by atoms with Gasteiger partial charge in [-0.05, 0) is 11.8 Å². The van der Waals surface area contributed by atoms with Gasteiger partial charge in [-0.3, -0.25) is 0 Å². The monoisotopic (exact) mass is 260 g/mol. The maximum Gasteiger partial charge on any atom is 0.230 e. The molecule has 1 rings (SSSR count). The van der Waals surface area contributed by atoms with E-state index in [-0.39, 0.29) is 10.2 Å². The summed E-state index contributed by atoms with van der Waals surface area (Å²) in [5.41, 5.74) is 0.192. The zero-order valence-electron chi connectivity index (χ0n) is 9.17. The Balaban J connectivity index is 2.69. The van der Waals surface area contributed by atoms with Crippen LogP contribution < -0.4 is 0 Å². The summed E-state index contributed by atoms with van der Waals surface area (Å²) in [6, 6.07) is 0. The van der Waals surface area contributed by atoms with Gasteiger partial charge in [0.25, 0.3) is 0 Å². The van der Waals surface area contributed by atoms with Crippen molar-refractivity contribution in [1.29, 1.82) is 0 Å². The highest BCUT2D eigenvalue weighted by atomic mass is 79.9. The molecule has 0 saturated heterocycles. The van der Waals surface area contributed by atoms with E-state index in [0.29, 0.717) is 5.89 Å². The number of halogens is 1. The molecule has 0 aliphatic rings. The third-order valence-electron chi connectivity index (χ3n) is 1.79. The highest BCUT2D eigenvalue weighted by Crippen LogP contribution is 2.26.